The van der Waals surface area contributed by atoms with Crippen molar-refractivity contribution in [3.05, 3.63) is 71.8 Å². The lowest BCUT2D eigenvalue weighted by atomic mass is 9.92. The Morgan fingerprint density at radius 3 is 1.89 bits per heavy atom. The van der Waals surface area contributed by atoms with Crippen molar-refractivity contribution in [2.75, 3.05) is 0 Å². The summed E-state index contributed by atoms with van der Waals surface area (Å²) in [6.07, 6.45) is 1.81. The number of hydrogen-bond donors (Lipinski definition) is 2. The molecule has 0 aliphatic heterocycles. The summed E-state index contributed by atoms with van der Waals surface area (Å²) in [5, 5.41) is 4.25. The van der Waals surface area contributed by atoms with Gasteiger partial charge in [-0.15, -0.1) is 0 Å². The van der Waals surface area contributed by atoms with Gasteiger partial charge in [0.1, 0.15) is 0 Å². The molecule has 3 N–H and O–H groups in total. The van der Waals surface area contributed by atoms with Gasteiger partial charge in [0.05, 0.1) is 0 Å². The smallest absolute Gasteiger partial charge is 0.184 e. The average molecular weight is 269 g/mol. The lowest BCUT2D eigenvalue weighted by Crippen LogP contribution is -2.24. The summed E-state index contributed by atoms with van der Waals surface area (Å²) in [7, 11) is 0. The zero-order valence-electron chi connectivity index (χ0n) is 10.4. The summed E-state index contributed by atoms with van der Waals surface area (Å²) < 4.78 is 0. The van der Waals surface area contributed by atoms with Crippen LogP contribution in [0.15, 0.2) is 65.8 Å². The molecular formula is C15H15N3S. The van der Waals surface area contributed by atoms with E-state index in [0.717, 1.165) is 0 Å². The summed E-state index contributed by atoms with van der Waals surface area (Å²) in [6, 6.07) is 20.3. The number of nitrogens with one attached hydrogen (secondary N) is 1. The molecule has 0 aliphatic rings. The predicted molar refractivity (Wildman–Crippen MR) is 83.1 cm³/mol. The van der Waals surface area contributed by atoms with Crippen LogP contribution >= 0.6 is 12.2 Å². The third-order valence-corrected chi connectivity index (χ3v) is 2.81. The fraction of sp³-hybridized carbons (Fsp3) is 0.0667. The third kappa shape index (κ3) is 3.89. The van der Waals surface area contributed by atoms with Crippen LogP contribution in [0.3, 0.4) is 0 Å². The van der Waals surface area contributed by atoms with Gasteiger partial charge in [0, 0.05) is 12.1 Å². The maximum atomic E-state index is 5.36. The lowest BCUT2D eigenvalue weighted by Gasteiger charge is -2.13. The van der Waals surface area contributed by atoms with Crippen molar-refractivity contribution < 1.29 is 0 Å². The molecule has 0 unspecified atom stereocenters. The van der Waals surface area contributed by atoms with Crippen molar-refractivity contribution in [2.45, 2.75) is 5.92 Å². The molecule has 0 aromatic heterocycles. The van der Waals surface area contributed by atoms with Crippen molar-refractivity contribution >= 4 is 23.5 Å². The first-order chi connectivity index (χ1) is 9.27. The van der Waals surface area contributed by atoms with Crippen LogP contribution in [0.2, 0.25) is 0 Å². The van der Waals surface area contributed by atoms with Crippen molar-refractivity contribution in [1.82, 2.24) is 5.43 Å². The van der Waals surface area contributed by atoms with E-state index in [2.05, 4.69) is 34.8 Å². The van der Waals surface area contributed by atoms with Crippen molar-refractivity contribution in [2.24, 2.45) is 10.8 Å². The molecule has 0 radical (unpaired) electrons. The van der Waals surface area contributed by atoms with E-state index in [1.807, 2.05) is 42.6 Å². The number of hydrazone groups is 1. The largest absolute Gasteiger partial charge is 0.375 e. The molecule has 2 aromatic carbocycles. The highest BCUT2D eigenvalue weighted by molar-refractivity contribution is 7.80. The second-order valence-electron chi connectivity index (χ2n) is 4.05. The Morgan fingerprint density at radius 1 is 1.00 bits per heavy atom. The number of benzene rings is 2. The molecule has 0 bridgehead atoms. The third-order valence-electron chi connectivity index (χ3n) is 2.72. The van der Waals surface area contributed by atoms with Gasteiger partial charge in [-0.05, 0) is 23.3 Å². The molecule has 0 spiro atoms. The first-order valence-electron chi connectivity index (χ1n) is 5.96. The van der Waals surface area contributed by atoms with Crippen molar-refractivity contribution in [3.63, 3.8) is 0 Å². The van der Waals surface area contributed by atoms with E-state index in [4.69, 9.17) is 18.0 Å². The van der Waals surface area contributed by atoms with Crippen molar-refractivity contribution in [3.8, 4) is 0 Å². The van der Waals surface area contributed by atoms with Crippen molar-refractivity contribution in [1.29, 1.82) is 0 Å². The Morgan fingerprint density at radius 2 is 1.47 bits per heavy atom. The second-order valence-corrected chi connectivity index (χ2v) is 4.49. The Hall–Kier alpha value is -2.20. The van der Waals surface area contributed by atoms with Crippen LogP contribution in [0.25, 0.3) is 0 Å². The Bertz CT molecular complexity index is 513. The van der Waals surface area contributed by atoms with Crippen LogP contribution in [-0.4, -0.2) is 11.3 Å². The Balaban J connectivity index is 2.29. The molecule has 0 atom stereocenters. The van der Waals surface area contributed by atoms with Crippen LogP contribution in [0.1, 0.15) is 17.0 Å². The Labute approximate surface area is 118 Å². The molecule has 2 rings (SSSR count). The zero-order chi connectivity index (χ0) is 13.5. The van der Waals surface area contributed by atoms with Gasteiger partial charge in [0.15, 0.2) is 5.11 Å². The maximum Gasteiger partial charge on any atom is 0.184 e. The van der Waals surface area contributed by atoms with Crippen LogP contribution in [0.4, 0.5) is 0 Å². The van der Waals surface area contributed by atoms with Gasteiger partial charge in [-0.3, -0.25) is 5.43 Å². The van der Waals surface area contributed by atoms with Gasteiger partial charge < -0.3 is 5.73 Å². The van der Waals surface area contributed by atoms with Crippen LogP contribution in [0.5, 0.6) is 0 Å². The van der Waals surface area contributed by atoms with E-state index < -0.39 is 0 Å². The molecule has 4 heteroatoms. The van der Waals surface area contributed by atoms with Gasteiger partial charge in [-0.25, -0.2) is 0 Å². The summed E-state index contributed by atoms with van der Waals surface area (Å²) in [6.45, 7) is 0. The molecule has 0 heterocycles. The van der Waals surface area contributed by atoms with Gasteiger partial charge >= 0.3 is 0 Å². The SMILES string of the molecule is NC(=S)N/N=C\C(c1ccccc1)c1ccccc1. The summed E-state index contributed by atoms with van der Waals surface area (Å²) in [5.41, 5.74) is 10.3. The minimum atomic E-state index is 0.0734. The number of hydrogen-bond acceptors (Lipinski definition) is 2. The lowest BCUT2D eigenvalue weighted by molar-refractivity contribution is 1.00. The molecule has 0 aliphatic carbocycles. The molecule has 0 saturated heterocycles. The molecule has 96 valence electrons. The van der Waals surface area contributed by atoms with Crippen LogP contribution in [-0.2, 0) is 0 Å². The minimum absolute atomic E-state index is 0.0734. The molecule has 0 saturated carbocycles. The minimum Gasteiger partial charge on any atom is -0.375 e. The highest BCUT2D eigenvalue weighted by atomic mass is 32.1. The first-order valence-corrected chi connectivity index (χ1v) is 6.36. The Kier molecular flexibility index (Phi) is 4.64. The van der Waals surface area contributed by atoms with Crippen LogP contribution in [0, 0.1) is 0 Å². The number of nitrogens with two attached hydrogens (primary N) is 1. The molecular weight excluding hydrogens is 254 g/mol. The molecule has 2 aromatic rings. The normalized spacial score (nSPS) is 10.8. The molecule has 0 fully saturated rings. The second kappa shape index (κ2) is 6.66. The van der Waals surface area contributed by atoms with Gasteiger partial charge in [-0.1, -0.05) is 60.7 Å². The number of thiocarbonyl (C=S) groups is 1. The summed E-state index contributed by atoms with van der Waals surface area (Å²) in [5.74, 6) is 0.0734. The summed E-state index contributed by atoms with van der Waals surface area (Å²) >= 11 is 4.73. The molecule has 19 heavy (non-hydrogen) atoms. The predicted octanol–water partition coefficient (Wildman–Crippen LogP) is 2.64. The fourth-order valence-corrected chi connectivity index (χ4v) is 1.91. The number of nitrogens with zero attached hydrogens (tertiary/aromatic N) is 1. The van der Waals surface area contributed by atoms with E-state index >= 15 is 0 Å². The van der Waals surface area contributed by atoms with E-state index in [1.54, 1.807) is 0 Å². The summed E-state index contributed by atoms with van der Waals surface area (Å²) in [4.78, 5) is 0. The maximum absolute atomic E-state index is 5.36. The van der Waals surface area contributed by atoms with E-state index in [-0.39, 0.29) is 11.0 Å². The average Bonchev–Trinajstić information content (AvgIpc) is 2.45. The van der Waals surface area contributed by atoms with Gasteiger partial charge in [0.2, 0.25) is 0 Å². The monoisotopic (exact) mass is 269 g/mol. The fourth-order valence-electron chi connectivity index (χ4n) is 1.86. The van der Waals surface area contributed by atoms with Crippen LogP contribution < -0.4 is 11.2 Å². The molecule has 3 nitrogen and oxygen atoms in total. The topological polar surface area (TPSA) is 50.4 Å². The number of rotatable bonds is 4. The van der Waals surface area contributed by atoms with E-state index in [0.29, 0.717) is 0 Å². The van der Waals surface area contributed by atoms with Gasteiger partial charge in [-0.2, -0.15) is 5.10 Å². The first kappa shape index (κ1) is 13.2. The van der Waals surface area contributed by atoms with E-state index in [9.17, 15) is 0 Å². The van der Waals surface area contributed by atoms with Gasteiger partial charge in [0.25, 0.3) is 0 Å². The highest BCUT2D eigenvalue weighted by Gasteiger charge is 2.10. The zero-order valence-corrected chi connectivity index (χ0v) is 11.2. The molecule has 0 amide bonds. The highest BCUT2D eigenvalue weighted by Crippen LogP contribution is 2.22. The standard InChI is InChI=1S/C15H15N3S/c16-15(19)18-17-11-14(12-7-3-1-4-8-12)13-9-5-2-6-10-13/h1-11,14H,(H3,16,18,19)/b17-11-. The quantitative estimate of drug-likeness (QED) is 0.509. The van der Waals surface area contributed by atoms with E-state index in [1.165, 1.54) is 11.1 Å².